The highest BCUT2D eigenvalue weighted by Crippen LogP contribution is 2.22. The molecule has 25 heavy (non-hydrogen) atoms. The van der Waals surface area contributed by atoms with E-state index in [0.717, 1.165) is 0 Å². The van der Waals surface area contributed by atoms with Gasteiger partial charge in [0.25, 0.3) is 0 Å². The van der Waals surface area contributed by atoms with Crippen LogP contribution < -0.4 is 16.9 Å². The van der Waals surface area contributed by atoms with Gasteiger partial charge in [-0.3, -0.25) is 19.3 Å². The van der Waals surface area contributed by atoms with E-state index in [1.165, 1.54) is 17.1 Å². The van der Waals surface area contributed by atoms with E-state index in [0.29, 0.717) is 5.57 Å². The van der Waals surface area contributed by atoms with Crippen LogP contribution in [0, 0.1) is 0 Å². The van der Waals surface area contributed by atoms with Gasteiger partial charge in [-0.05, 0) is 26.3 Å². The predicted octanol–water partition coefficient (Wildman–Crippen LogP) is -0.0314. The molecule has 0 unspecified atom stereocenters. The number of nitrogens with two attached hydrogens (primary N) is 2. The van der Waals surface area contributed by atoms with Crippen LogP contribution in [0.25, 0.3) is 0 Å². The molecule has 0 saturated heterocycles. The van der Waals surface area contributed by atoms with Gasteiger partial charge >= 0.3 is 6.09 Å². The van der Waals surface area contributed by atoms with E-state index >= 15 is 0 Å². The molecule has 0 spiro atoms. The normalized spacial score (nSPS) is 20.6. The summed E-state index contributed by atoms with van der Waals surface area (Å²) in [4.78, 5) is 41.9. The van der Waals surface area contributed by atoms with Crippen molar-refractivity contribution in [3.8, 4) is 0 Å². The maximum atomic E-state index is 12.4. The van der Waals surface area contributed by atoms with E-state index in [2.05, 4.69) is 12.1 Å². The van der Waals surface area contributed by atoms with Crippen LogP contribution in [0.5, 0.6) is 0 Å². The smallest absolute Gasteiger partial charge is 0.411 e. The SMILES string of the molecule is C=CCON[C@H]1CN(C(=O)OC(C)(C)C)[C@H](C(N)=O)C=C1CC(N)=O. The summed E-state index contributed by atoms with van der Waals surface area (Å²) < 4.78 is 5.32. The average molecular weight is 354 g/mol. The summed E-state index contributed by atoms with van der Waals surface area (Å²) in [6, 6.07) is -1.59. The van der Waals surface area contributed by atoms with Gasteiger partial charge < -0.3 is 16.2 Å². The first kappa shape index (κ1) is 20.7. The number of carbonyl (C=O) groups excluding carboxylic acids is 3. The van der Waals surface area contributed by atoms with E-state index in [4.69, 9.17) is 21.0 Å². The Balaban J connectivity index is 3.09. The largest absolute Gasteiger partial charge is 0.444 e. The fourth-order valence-corrected chi connectivity index (χ4v) is 2.28. The fourth-order valence-electron chi connectivity index (χ4n) is 2.28. The average Bonchev–Trinajstić information content (AvgIpc) is 2.45. The van der Waals surface area contributed by atoms with Gasteiger partial charge in [-0.15, -0.1) is 6.58 Å². The third-order valence-corrected chi connectivity index (χ3v) is 3.26. The zero-order chi connectivity index (χ0) is 19.2. The fraction of sp³-hybridized carbons (Fsp3) is 0.562. The molecule has 0 aromatic heterocycles. The minimum absolute atomic E-state index is 0.0266. The second kappa shape index (κ2) is 8.63. The van der Waals surface area contributed by atoms with Gasteiger partial charge in [0.05, 0.1) is 12.6 Å². The Morgan fingerprint density at radius 1 is 1.40 bits per heavy atom. The summed E-state index contributed by atoms with van der Waals surface area (Å²) in [6.45, 7) is 8.91. The van der Waals surface area contributed by atoms with Crippen molar-refractivity contribution < 1.29 is 24.0 Å². The molecule has 1 heterocycles. The summed E-state index contributed by atoms with van der Waals surface area (Å²) in [5.41, 5.74) is 13.2. The molecule has 0 aromatic carbocycles. The minimum atomic E-state index is -1.04. The lowest BCUT2D eigenvalue weighted by atomic mass is 9.95. The number of primary amides is 2. The molecule has 1 aliphatic rings. The molecule has 9 nitrogen and oxygen atoms in total. The van der Waals surface area contributed by atoms with Gasteiger partial charge in [0.1, 0.15) is 11.6 Å². The number of amides is 3. The Hall–Kier alpha value is -2.39. The Kier molecular flexibility index (Phi) is 7.13. The first-order chi connectivity index (χ1) is 11.5. The number of ether oxygens (including phenoxy) is 1. The molecule has 0 bridgehead atoms. The van der Waals surface area contributed by atoms with Crippen LogP contribution in [0.2, 0.25) is 0 Å². The van der Waals surface area contributed by atoms with Crippen molar-refractivity contribution in [2.75, 3.05) is 13.2 Å². The van der Waals surface area contributed by atoms with Gasteiger partial charge in [-0.1, -0.05) is 12.2 Å². The topological polar surface area (TPSA) is 137 Å². The highest BCUT2D eigenvalue weighted by Gasteiger charge is 2.37. The third kappa shape index (κ3) is 6.55. The Bertz CT molecular complexity index is 567. The lowest BCUT2D eigenvalue weighted by Crippen LogP contribution is -2.57. The van der Waals surface area contributed by atoms with Gasteiger partial charge in [0.2, 0.25) is 11.8 Å². The lowest BCUT2D eigenvalue weighted by Gasteiger charge is -2.38. The molecule has 0 aliphatic carbocycles. The zero-order valence-corrected chi connectivity index (χ0v) is 14.8. The molecular formula is C16H26N4O5. The maximum Gasteiger partial charge on any atom is 0.411 e. The van der Waals surface area contributed by atoms with Crippen LogP contribution in [-0.4, -0.2) is 53.6 Å². The number of carbonyl (C=O) groups is 3. The number of hydrogen-bond acceptors (Lipinski definition) is 6. The monoisotopic (exact) mass is 354 g/mol. The Morgan fingerprint density at radius 3 is 2.52 bits per heavy atom. The van der Waals surface area contributed by atoms with Crippen molar-refractivity contribution in [3.63, 3.8) is 0 Å². The second-order valence-electron chi connectivity index (χ2n) is 6.63. The Labute approximate surface area is 146 Å². The molecule has 140 valence electrons. The van der Waals surface area contributed by atoms with Crippen molar-refractivity contribution in [1.82, 2.24) is 10.4 Å². The molecule has 1 rings (SSSR count). The van der Waals surface area contributed by atoms with E-state index in [1.807, 2.05) is 0 Å². The molecule has 3 amide bonds. The van der Waals surface area contributed by atoms with Crippen LogP contribution in [0.1, 0.15) is 27.2 Å². The number of nitrogens with one attached hydrogen (secondary N) is 1. The Morgan fingerprint density at radius 2 is 2.04 bits per heavy atom. The molecular weight excluding hydrogens is 328 g/mol. The van der Waals surface area contributed by atoms with E-state index in [9.17, 15) is 14.4 Å². The third-order valence-electron chi connectivity index (χ3n) is 3.26. The summed E-state index contributed by atoms with van der Waals surface area (Å²) in [5, 5.41) is 0. The second-order valence-corrected chi connectivity index (χ2v) is 6.63. The van der Waals surface area contributed by atoms with Crippen LogP contribution in [-0.2, 0) is 19.2 Å². The van der Waals surface area contributed by atoms with Crippen molar-refractivity contribution in [1.29, 1.82) is 0 Å². The molecule has 0 aromatic rings. The summed E-state index contributed by atoms with van der Waals surface area (Å²) in [7, 11) is 0. The predicted molar refractivity (Wildman–Crippen MR) is 90.9 cm³/mol. The van der Waals surface area contributed by atoms with Crippen LogP contribution in [0.4, 0.5) is 4.79 Å². The molecule has 5 N–H and O–H groups in total. The first-order valence-electron chi connectivity index (χ1n) is 7.81. The summed E-state index contributed by atoms with van der Waals surface area (Å²) >= 11 is 0. The van der Waals surface area contributed by atoms with Crippen LogP contribution in [0.3, 0.4) is 0 Å². The van der Waals surface area contributed by atoms with Crippen molar-refractivity contribution in [2.24, 2.45) is 11.5 Å². The van der Waals surface area contributed by atoms with Crippen LogP contribution in [0.15, 0.2) is 24.3 Å². The lowest BCUT2D eigenvalue weighted by molar-refractivity contribution is -0.122. The highest BCUT2D eigenvalue weighted by molar-refractivity contribution is 5.87. The number of rotatable bonds is 7. The maximum absolute atomic E-state index is 12.4. The number of nitrogens with zero attached hydrogens (tertiary/aromatic N) is 1. The van der Waals surface area contributed by atoms with E-state index in [-0.39, 0.29) is 19.6 Å². The van der Waals surface area contributed by atoms with Crippen molar-refractivity contribution in [3.05, 3.63) is 24.3 Å². The molecule has 9 heteroatoms. The van der Waals surface area contributed by atoms with Gasteiger partial charge in [-0.2, -0.15) is 5.48 Å². The highest BCUT2D eigenvalue weighted by atomic mass is 16.6. The molecule has 0 radical (unpaired) electrons. The van der Waals surface area contributed by atoms with E-state index in [1.54, 1.807) is 20.8 Å². The zero-order valence-electron chi connectivity index (χ0n) is 14.8. The van der Waals surface area contributed by atoms with Gasteiger partial charge in [0.15, 0.2) is 0 Å². The molecule has 2 atom stereocenters. The van der Waals surface area contributed by atoms with Crippen molar-refractivity contribution in [2.45, 2.75) is 44.9 Å². The quantitative estimate of drug-likeness (QED) is 0.333. The van der Waals surface area contributed by atoms with Gasteiger partial charge in [-0.25, -0.2) is 4.79 Å². The van der Waals surface area contributed by atoms with Gasteiger partial charge in [0, 0.05) is 13.0 Å². The summed E-state index contributed by atoms with van der Waals surface area (Å²) in [6.07, 6.45) is 2.18. The number of hydroxylamine groups is 1. The standard InChI is InChI=1S/C16H26N4O5/c1-5-6-24-19-11-9-20(15(23)25-16(2,3)4)12(14(18)22)7-10(11)8-13(17)21/h5,7,11-12,19H,1,6,8-9H2,2-4H3,(H2,17,21)(H2,18,22)/t11-,12-/m0/s1. The molecule has 0 saturated carbocycles. The molecule has 1 aliphatic heterocycles. The number of hydrogen-bond donors (Lipinski definition) is 3. The van der Waals surface area contributed by atoms with Crippen LogP contribution >= 0.6 is 0 Å². The van der Waals surface area contributed by atoms with Crippen molar-refractivity contribution >= 4 is 17.9 Å². The first-order valence-corrected chi connectivity index (χ1v) is 7.81. The van der Waals surface area contributed by atoms with E-state index < -0.39 is 35.6 Å². The minimum Gasteiger partial charge on any atom is -0.444 e. The summed E-state index contributed by atoms with van der Waals surface area (Å²) in [5.74, 6) is -1.31. The molecule has 0 fully saturated rings.